The molecule has 2 rings (SSSR count). The lowest BCUT2D eigenvalue weighted by Gasteiger charge is -2.09. The molecule has 1 aromatic carbocycles. The minimum atomic E-state index is -3.38. The summed E-state index contributed by atoms with van der Waals surface area (Å²) in [7, 11) is -1.96. The fourth-order valence-electron chi connectivity index (χ4n) is 1.80. The first-order chi connectivity index (χ1) is 9.91. The van der Waals surface area contributed by atoms with Gasteiger partial charge >= 0.3 is 0 Å². The average molecular weight is 306 g/mol. The van der Waals surface area contributed by atoms with Crippen LogP contribution in [0.4, 0.5) is 0 Å². The Morgan fingerprint density at radius 3 is 2.52 bits per heavy atom. The number of aromatic nitrogens is 2. The smallest absolute Gasteiger partial charge is 0.264 e. The second-order valence-corrected chi connectivity index (χ2v) is 6.31. The van der Waals surface area contributed by atoms with Crippen LogP contribution in [-0.2, 0) is 9.84 Å². The Hall–Kier alpha value is -2.41. The van der Waals surface area contributed by atoms with Gasteiger partial charge in [-0.15, -0.1) is 0 Å². The molecule has 21 heavy (non-hydrogen) atoms. The molecule has 1 aromatic heterocycles. The summed E-state index contributed by atoms with van der Waals surface area (Å²) in [5, 5.41) is 6.15. The van der Waals surface area contributed by atoms with E-state index in [0.717, 1.165) is 6.26 Å². The van der Waals surface area contributed by atoms with Crippen LogP contribution in [0.3, 0.4) is 0 Å². The van der Waals surface area contributed by atoms with Crippen LogP contribution in [0.15, 0.2) is 40.0 Å². The summed E-state index contributed by atoms with van der Waals surface area (Å²) in [5.41, 5.74) is 0.860. The molecule has 0 radical (unpaired) electrons. The van der Waals surface area contributed by atoms with Gasteiger partial charge in [-0.05, 0) is 24.3 Å². The summed E-state index contributed by atoms with van der Waals surface area (Å²) in [6.45, 7) is 0. The molecule has 0 amide bonds. The number of nitrogens with one attached hydrogen (secondary N) is 1. The average Bonchev–Trinajstić information content (AvgIpc) is 2.45. The van der Waals surface area contributed by atoms with E-state index >= 15 is 0 Å². The molecule has 0 saturated carbocycles. The van der Waals surface area contributed by atoms with Gasteiger partial charge in [0.25, 0.3) is 5.56 Å². The van der Waals surface area contributed by atoms with Gasteiger partial charge in [-0.25, -0.2) is 13.5 Å². The van der Waals surface area contributed by atoms with Gasteiger partial charge in [-0.3, -0.25) is 4.79 Å². The first-order valence-corrected chi connectivity index (χ1v) is 7.92. The molecule has 0 saturated heterocycles. The maximum Gasteiger partial charge on any atom is 0.264 e. The number of ether oxygens (including phenoxy) is 1. The highest BCUT2D eigenvalue weighted by atomic mass is 32.2. The lowest BCUT2D eigenvalue weighted by Crippen LogP contribution is -2.05. The molecule has 1 N–H and O–H groups in total. The third kappa shape index (κ3) is 3.57. The van der Waals surface area contributed by atoms with Gasteiger partial charge in [-0.1, -0.05) is 12.1 Å². The van der Waals surface area contributed by atoms with Crippen LogP contribution >= 0.6 is 0 Å². The quantitative estimate of drug-likeness (QED) is 0.921. The van der Waals surface area contributed by atoms with Gasteiger partial charge in [0.05, 0.1) is 12.8 Å². The Balaban J connectivity index is 2.45. The largest absolute Gasteiger partial charge is 0.495 e. The first-order valence-electron chi connectivity index (χ1n) is 6.02. The van der Waals surface area contributed by atoms with Crippen LogP contribution in [0, 0.1) is 0 Å². The van der Waals surface area contributed by atoms with Crippen molar-refractivity contribution in [1.29, 1.82) is 0 Å². The van der Waals surface area contributed by atoms with E-state index in [0.29, 0.717) is 11.3 Å². The predicted molar refractivity (Wildman–Crippen MR) is 79.9 cm³/mol. The third-order valence-electron chi connectivity index (χ3n) is 2.75. The van der Waals surface area contributed by atoms with Crippen molar-refractivity contribution in [2.45, 2.75) is 4.90 Å². The van der Waals surface area contributed by atoms with Crippen LogP contribution in [-0.4, -0.2) is 32.0 Å². The van der Waals surface area contributed by atoms with Crippen molar-refractivity contribution in [2.75, 3.05) is 13.4 Å². The van der Waals surface area contributed by atoms with Crippen molar-refractivity contribution in [3.63, 3.8) is 0 Å². The SMILES string of the molecule is COc1c(C=Cc2ccc(=O)[nH]n2)cccc1S(C)(=O)=O. The molecular weight excluding hydrogens is 292 g/mol. The highest BCUT2D eigenvalue weighted by Gasteiger charge is 2.15. The van der Waals surface area contributed by atoms with Gasteiger partial charge in [0, 0.05) is 17.9 Å². The number of hydrogen-bond donors (Lipinski definition) is 1. The van der Waals surface area contributed by atoms with Gasteiger partial charge in [0.15, 0.2) is 9.84 Å². The molecule has 7 heteroatoms. The number of rotatable bonds is 4. The Kier molecular flexibility index (Phi) is 4.23. The van der Waals surface area contributed by atoms with Crippen molar-refractivity contribution in [1.82, 2.24) is 10.2 Å². The molecule has 6 nitrogen and oxygen atoms in total. The monoisotopic (exact) mass is 306 g/mol. The van der Waals surface area contributed by atoms with E-state index in [1.165, 1.54) is 19.2 Å². The fourth-order valence-corrected chi connectivity index (χ4v) is 2.66. The number of sulfone groups is 1. The van der Waals surface area contributed by atoms with E-state index < -0.39 is 9.84 Å². The number of H-pyrrole nitrogens is 1. The molecule has 0 fully saturated rings. The minimum Gasteiger partial charge on any atom is -0.495 e. The van der Waals surface area contributed by atoms with Crippen LogP contribution < -0.4 is 10.3 Å². The molecule has 1 heterocycles. The standard InChI is InChI=1S/C14H14N2O4S/c1-20-14-10(4-3-5-12(14)21(2,18)19)6-7-11-8-9-13(17)16-15-11/h3-9H,1-2H3,(H,16,17). The van der Waals surface area contributed by atoms with Crippen molar-refractivity contribution < 1.29 is 13.2 Å². The van der Waals surface area contributed by atoms with Crippen molar-refractivity contribution in [3.8, 4) is 5.75 Å². The summed E-state index contributed by atoms with van der Waals surface area (Å²) >= 11 is 0. The molecule has 0 aliphatic rings. The number of hydrogen-bond acceptors (Lipinski definition) is 5. The highest BCUT2D eigenvalue weighted by molar-refractivity contribution is 7.90. The second kappa shape index (κ2) is 5.92. The van der Waals surface area contributed by atoms with Crippen LogP contribution in [0.1, 0.15) is 11.3 Å². The van der Waals surface area contributed by atoms with E-state index in [1.807, 2.05) is 0 Å². The summed E-state index contributed by atoms with van der Waals surface area (Å²) in [5.74, 6) is 0.278. The Morgan fingerprint density at radius 2 is 1.95 bits per heavy atom. The second-order valence-electron chi connectivity index (χ2n) is 4.33. The zero-order chi connectivity index (χ0) is 15.5. The predicted octanol–water partition coefficient (Wildman–Crippen LogP) is 1.35. The molecule has 2 aromatic rings. The van der Waals surface area contributed by atoms with E-state index in [9.17, 15) is 13.2 Å². The summed E-state index contributed by atoms with van der Waals surface area (Å²) in [6.07, 6.45) is 4.45. The first kappa shape index (κ1) is 15.0. The van der Waals surface area contributed by atoms with Crippen molar-refractivity contribution >= 4 is 22.0 Å². The van der Waals surface area contributed by atoms with E-state index in [4.69, 9.17) is 4.74 Å². The minimum absolute atomic E-state index is 0.126. The van der Waals surface area contributed by atoms with Gasteiger partial charge < -0.3 is 4.74 Å². The Morgan fingerprint density at radius 1 is 1.19 bits per heavy atom. The van der Waals surface area contributed by atoms with Gasteiger partial charge in [0.2, 0.25) is 0 Å². The maximum absolute atomic E-state index is 11.7. The fraction of sp³-hybridized carbons (Fsp3) is 0.143. The number of benzene rings is 1. The summed E-state index contributed by atoms with van der Waals surface area (Å²) in [6, 6.07) is 7.78. The number of aromatic amines is 1. The zero-order valence-electron chi connectivity index (χ0n) is 11.5. The molecule has 0 bridgehead atoms. The van der Waals surface area contributed by atoms with Crippen LogP contribution in [0.5, 0.6) is 5.75 Å². The molecule has 0 spiro atoms. The Bertz CT molecular complexity index is 818. The summed E-state index contributed by atoms with van der Waals surface area (Å²) in [4.78, 5) is 11.0. The molecule has 0 atom stereocenters. The van der Waals surface area contributed by atoms with E-state index in [-0.39, 0.29) is 16.2 Å². The molecular formula is C14H14N2O4S. The zero-order valence-corrected chi connectivity index (χ0v) is 12.3. The summed E-state index contributed by atoms with van der Waals surface area (Å²) < 4.78 is 28.6. The molecule has 110 valence electrons. The lowest BCUT2D eigenvalue weighted by atomic mass is 10.1. The maximum atomic E-state index is 11.7. The number of para-hydroxylation sites is 1. The number of methoxy groups -OCH3 is 1. The van der Waals surface area contributed by atoms with Crippen molar-refractivity contribution in [3.05, 3.63) is 51.9 Å². The number of nitrogens with zero attached hydrogens (tertiary/aromatic N) is 1. The third-order valence-corrected chi connectivity index (χ3v) is 3.87. The van der Waals surface area contributed by atoms with E-state index in [2.05, 4.69) is 10.2 Å². The van der Waals surface area contributed by atoms with Gasteiger partial charge in [-0.2, -0.15) is 5.10 Å². The molecule has 0 aliphatic heterocycles. The van der Waals surface area contributed by atoms with Crippen molar-refractivity contribution in [2.24, 2.45) is 0 Å². The molecule has 0 aliphatic carbocycles. The molecule has 0 unspecified atom stereocenters. The van der Waals surface area contributed by atoms with E-state index in [1.54, 1.807) is 30.4 Å². The lowest BCUT2D eigenvalue weighted by molar-refractivity contribution is 0.402. The van der Waals surface area contributed by atoms with Crippen LogP contribution in [0.2, 0.25) is 0 Å². The van der Waals surface area contributed by atoms with Gasteiger partial charge in [0.1, 0.15) is 10.6 Å². The topological polar surface area (TPSA) is 89.1 Å². The Labute approximate surface area is 122 Å². The van der Waals surface area contributed by atoms with Crippen LogP contribution in [0.25, 0.3) is 12.2 Å². The highest BCUT2D eigenvalue weighted by Crippen LogP contribution is 2.29. The normalized spacial score (nSPS) is 11.7.